The zero-order chi connectivity index (χ0) is 23.2. The molecule has 8 heteroatoms. The van der Waals surface area contributed by atoms with Gasteiger partial charge in [0, 0.05) is 48.9 Å². The smallest absolute Gasteiger partial charge is 0.274 e. The van der Waals surface area contributed by atoms with Crippen LogP contribution in [0.5, 0.6) is 0 Å². The monoisotopic (exact) mass is 459 g/mol. The van der Waals surface area contributed by atoms with Gasteiger partial charge in [-0.3, -0.25) is 4.79 Å². The van der Waals surface area contributed by atoms with Crippen molar-refractivity contribution >= 4 is 34.5 Å². The molecule has 3 heterocycles. The SMILES string of the molecule is O=C(Nc1ccc(N2CCOCC2)cc1)c1cccc(Nc2ccc(N3CCOCC3)cc2)n1. The van der Waals surface area contributed by atoms with Crippen LogP contribution in [0.4, 0.5) is 28.6 Å². The molecule has 1 aromatic heterocycles. The predicted molar refractivity (Wildman–Crippen MR) is 134 cm³/mol. The zero-order valence-corrected chi connectivity index (χ0v) is 19.1. The second-order valence-corrected chi connectivity index (χ2v) is 8.28. The highest BCUT2D eigenvalue weighted by Crippen LogP contribution is 2.22. The Labute approximate surface area is 199 Å². The van der Waals surface area contributed by atoms with Crippen LogP contribution in [0.15, 0.2) is 66.7 Å². The fourth-order valence-electron chi connectivity index (χ4n) is 4.13. The maximum absolute atomic E-state index is 12.8. The van der Waals surface area contributed by atoms with E-state index in [1.807, 2.05) is 48.5 Å². The number of ether oxygens (including phenoxy) is 2. The van der Waals surface area contributed by atoms with Gasteiger partial charge in [0.05, 0.1) is 26.4 Å². The average Bonchev–Trinajstić information content (AvgIpc) is 2.91. The third-order valence-corrected chi connectivity index (χ3v) is 6.00. The molecule has 8 nitrogen and oxygen atoms in total. The number of nitrogens with zero attached hydrogens (tertiary/aromatic N) is 3. The molecule has 34 heavy (non-hydrogen) atoms. The van der Waals surface area contributed by atoms with Crippen molar-refractivity contribution in [3.63, 3.8) is 0 Å². The largest absolute Gasteiger partial charge is 0.378 e. The van der Waals surface area contributed by atoms with Crippen molar-refractivity contribution < 1.29 is 14.3 Å². The molecular weight excluding hydrogens is 430 g/mol. The van der Waals surface area contributed by atoms with Gasteiger partial charge in [-0.15, -0.1) is 0 Å². The summed E-state index contributed by atoms with van der Waals surface area (Å²) in [6.07, 6.45) is 0. The molecule has 2 aliphatic heterocycles. The van der Waals surface area contributed by atoms with Gasteiger partial charge in [0.2, 0.25) is 0 Å². The fourth-order valence-corrected chi connectivity index (χ4v) is 4.13. The maximum atomic E-state index is 12.8. The number of amides is 1. The fraction of sp³-hybridized carbons (Fsp3) is 0.308. The number of carbonyl (C=O) groups is 1. The zero-order valence-electron chi connectivity index (χ0n) is 19.1. The van der Waals surface area contributed by atoms with E-state index in [1.54, 1.807) is 6.07 Å². The first-order valence-electron chi connectivity index (χ1n) is 11.7. The van der Waals surface area contributed by atoms with E-state index in [1.165, 1.54) is 5.69 Å². The van der Waals surface area contributed by atoms with Crippen LogP contribution in [0.1, 0.15) is 10.5 Å². The maximum Gasteiger partial charge on any atom is 0.274 e. The number of rotatable bonds is 6. The Morgan fingerprint density at radius 3 is 1.79 bits per heavy atom. The summed E-state index contributed by atoms with van der Waals surface area (Å²) in [4.78, 5) is 21.9. The summed E-state index contributed by atoms with van der Waals surface area (Å²) in [6.45, 7) is 6.58. The Bertz CT molecular complexity index is 1090. The highest BCUT2D eigenvalue weighted by atomic mass is 16.5. The van der Waals surface area contributed by atoms with Crippen molar-refractivity contribution in [2.45, 2.75) is 0 Å². The number of aromatic nitrogens is 1. The molecule has 2 saturated heterocycles. The van der Waals surface area contributed by atoms with E-state index >= 15 is 0 Å². The number of benzene rings is 2. The van der Waals surface area contributed by atoms with Crippen molar-refractivity contribution in [2.24, 2.45) is 0 Å². The first kappa shape index (κ1) is 22.2. The second-order valence-electron chi connectivity index (χ2n) is 8.28. The Morgan fingerprint density at radius 1 is 0.706 bits per heavy atom. The standard InChI is InChI=1S/C26H29N5O3/c32-26(28-21-6-10-23(11-7-21)31-14-18-34-19-15-31)24-2-1-3-25(29-24)27-20-4-8-22(9-5-20)30-12-16-33-17-13-30/h1-11H,12-19H2,(H,27,29)(H,28,32). The minimum Gasteiger partial charge on any atom is -0.378 e. The van der Waals surface area contributed by atoms with Gasteiger partial charge in [-0.1, -0.05) is 6.07 Å². The number of carbonyl (C=O) groups excluding carboxylic acids is 1. The van der Waals surface area contributed by atoms with Crippen molar-refractivity contribution in [1.29, 1.82) is 0 Å². The molecule has 1 amide bonds. The van der Waals surface area contributed by atoms with E-state index in [2.05, 4.69) is 37.6 Å². The molecule has 0 aliphatic carbocycles. The van der Waals surface area contributed by atoms with Crippen molar-refractivity contribution in [3.05, 3.63) is 72.4 Å². The van der Waals surface area contributed by atoms with Crippen LogP contribution in [0, 0.1) is 0 Å². The van der Waals surface area contributed by atoms with Gasteiger partial charge in [0.1, 0.15) is 11.5 Å². The molecular formula is C26H29N5O3. The molecule has 3 aromatic rings. The van der Waals surface area contributed by atoms with E-state index < -0.39 is 0 Å². The van der Waals surface area contributed by atoms with Gasteiger partial charge in [-0.2, -0.15) is 0 Å². The van der Waals surface area contributed by atoms with Crippen LogP contribution in [0.25, 0.3) is 0 Å². The third-order valence-electron chi connectivity index (χ3n) is 6.00. The van der Waals surface area contributed by atoms with Crippen LogP contribution in [-0.4, -0.2) is 63.5 Å². The summed E-state index contributed by atoms with van der Waals surface area (Å²) >= 11 is 0. The molecule has 2 N–H and O–H groups in total. The molecule has 0 unspecified atom stereocenters. The molecule has 2 aliphatic rings. The van der Waals surface area contributed by atoms with Crippen LogP contribution < -0.4 is 20.4 Å². The Morgan fingerprint density at radius 2 is 1.24 bits per heavy atom. The number of morpholine rings is 2. The molecule has 0 atom stereocenters. The van der Waals surface area contributed by atoms with Crippen molar-refractivity contribution in [2.75, 3.05) is 73.0 Å². The normalized spacial score (nSPS) is 16.2. The number of nitrogens with one attached hydrogen (secondary N) is 2. The summed E-state index contributed by atoms with van der Waals surface area (Å²) in [5, 5.41) is 6.22. The lowest BCUT2D eigenvalue weighted by molar-refractivity contribution is 0.102. The summed E-state index contributed by atoms with van der Waals surface area (Å²) in [5.74, 6) is 0.375. The third kappa shape index (κ3) is 5.47. The number of pyridine rings is 1. The predicted octanol–water partition coefficient (Wildman–Crippen LogP) is 3.75. The van der Waals surface area contributed by atoms with Crippen LogP contribution in [-0.2, 0) is 9.47 Å². The highest BCUT2D eigenvalue weighted by molar-refractivity contribution is 6.03. The minimum absolute atomic E-state index is 0.245. The van der Waals surface area contributed by atoms with E-state index in [-0.39, 0.29) is 5.91 Å². The molecule has 0 bridgehead atoms. The van der Waals surface area contributed by atoms with Gasteiger partial charge >= 0.3 is 0 Å². The molecule has 0 saturated carbocycles. The lowest BCUT2D eigenvalue weighted by Gasteiger charge is -2.29. The summed E-state index contributed by atoms with van der Waals surface area (Å²) < 4.78 is 10.8. The Balaban J connectivity index is 1.20. The summed E-state index contributed by atoms with van der Waals surface area (Å²) in [5.41, 5.74) is 4.31. The van der Waals surface area contributed by atoms with Crippen LogP contribution in [0.2, 0.25) is 0 Å². The topological polar surface area (TPSA) is 79.0 Å². The van der Waals surface area contributed by atoms with E-state index in [0.29, 0.717) is 11.5 Å². The molecule has 0 radical (unpaired) electrons. The molecule has 0 spiro atoms. The van der Waals surface area contributed by atoms with Gasteiger partial charge in [0.25, 0.3) is 5.91 Å². The molecule has 5 rings (SSSR count). The number of anilines is 5. The van der Waals surface area contributed by atoms with Gasteiger partial charge in [-0.05, 0) is 60.7 Å². The van der Waals surface area contributed by atoms with Crippen LogP contribution >= 0.6 is 0 Å². The molecule has 176 valence electrons. The lowest BCUT2D eigenvalue weighted by atomic mass is 10.2. The van der Waals surface area contributed by atoms with Crippen LogP contribution in [0.3, 0.4) is 0 Å². The average molecular weight is 460 g/mol. The second kappa shape index (κ2) is 10.5. The number of hydrogen-bond acceptors (Lipinski definition) is 7. The molecule has 2 fully saturated rings. The van der Waals surface area contributed by atoms with E-state index in [0.717, 1.165) is 69.7 Å². The summed E-state index contributed by atoms with van der Waals surface area (Å²) in [7, 11) is 0. The van der Waals surface area contributed by atoms with Gasteiger partial charge < -0.3 is 29.9 Å². The molecule has 2 aromatic carbocycles. The van der Waals surface area contributed by atoms with Crippen molar-refractivity contribution in [3.8, 4) is 0 Å². The quantitative estimate of drug-likeness (QED) is 0.581. The summed E-state index contributed by atoms with van der Waals surface area (Å²) in [6, 6.07) is 21.5. The highest BCUT2D eigenvalue weighted by Gasteiger charge is 2.13. The van der Waals surface area contributed by atoms with Crippen molar-refractivity contribution in [1.82, 2.24) is 4.98 Å². The van der Waals surface area contributed by atoms with E-state index in [9.17, 15) is 4.79 Å². The van der Waals surface area contributed by atoms with Gasteiger partial charge in [0.15, 0.2) is 0 Å². The van der Waals surface area contributed by atoms with Gasteiger partial charge in [-0.25, -0.2) is 4.98 Å². The number of hydrogen-bond donors (Lipinski definition) is 2. The lowest BCUT2D eigenvalue weighted by Crippen LogP contribution is -2.36. The Hall–Kier alpha value is -3.62. The first-order chi connectivity index (χ1) is 16.7. The first-order valence-corrected chi connectivity index (χ1v) is 11.7. The Kier molecular flexibility index (Phi) is 6.88. The van der Waals surface area contributed by atoms with E-state index in [4.69, 9.17) is 9.47 Å². The minimum atomic E-state index is -0.245.